The molecule has 1 aromatic carbocycles. The molecule has 2 N–H and O–H groups in total. The van der Waals surface area contributed by atoms with Gasteiger partial charge in [0, 0.05) is 10.4 Å². The first-order chi connectivity index (χ1) is 11.4. The van der Waals surface area contributed by atoms with Gasteiger partial charge >= 0.3 is 5.97 Å². The number of carboxylic acids is 1. The smallest absolute Gasteiger partial charge is 0.329 e. The van der Waals surface area contributed by atoms with Crippen molar-refractivity contribution in [3.63, 3.8) is 0 Å². The zero-order chi connectivity index (χ0) is 17.6. The molecule has 1 amide bonds. The predicted octanol–water partition coefficient (Wildman–Crippen LogP) is 3.70. The van der Waals surface area contributed by atoms with E-state index in [-0.39, 0.29) is 0 Å². The molecule has 24 heavy (non-hydrogen) atoms. The summed E-state index contributed by atoms with van der Waals surface area (Å²) in [6.45, 7) is 3.84. The van der Waals surface area contributed by atoms with Crippen LogP contribution in [0.15, 0.2) is 41.8 Å². The Bertz CT molecular complexity index is 699. The molecule has 0 aliphatic rings. The number of carbonyl (C=O) groups excluding carboxylic acids is 1. The number of rotatable bonds is 8. The third kappa shape index (κ3) is 4.58. The Morgan fingerprint density at radius 2 is 2.08 bits per heavy atom. The Kier molecular flexibility index (Phi) is 5.98. The average Bonchev–Trinajstić information content (AvgIpc) is 3.06. The highest BCUT2D eigenvalue weighted by molar-refractivity contribution is 7.09. The molecule has 1 heterocycles. The number of nitrogens with one attached hydrogen (secondary N) is 1. The topological polar surface area (TPSA) is 75.6 Å². The summed E-state index contributed by atoms with van der Waals surface area (Å²) in [5.74, 6) is -0.888. The number of hydrogen-bond acceptors (Lipinski definition) is 4. The fraction of sp³-hybridized carbons (Fsp3) is 0.333. The lowest BCUT2D eigenvalue weighted by molar-refractivity contribution is -0.144. The zero-order valence-electron chi connectivity index (χ0n) is 13.7. The fourth-order valence-electron chi connectivity index (χ4n) is 2.32. The van der Waals surface area contributed by atoms with Crippen LogP contribution in [0, 0.1) is 0 Å². The summed E-state index contributed by atoms with van der Waals surface area (Å²) in [4.78, 5) is 24.9. The molecular formula is C18H21NO4S. The summed E-state index contributed by atoms with van der Waals surface area (Å²) >= 11 is 1.60. The molecule has 0 spiro atoms. The van der Waals surface area contributed by atoms with Gasteiger partial charge in [0.25, 0.3) is 5.91 Å². The average molecular weight is 347 g/mol. The van der Waals surface area contributed by atoms with Crippen molar-refractivity contribution in [2.24, 2.45) is 0 Å². The maximum absolute atomic E-state index is 12.4. The lowest BCUT2D eigenvalue weighted by Gasteiger charge is -2.25. The molecule has 0 saturated heterocycles. The van der Waals surface area contributed by atoms with Crippen molar-refractivity contribution >= 4 is 23.2 Å². The second kappa shape index (κ2) is 7.97. The van der Waals surface area contributed by atoms with Crippen molar-refractivity contribution in [2.75, 3.05) is 0 Å². The van der Waals surface area contributed by atoms with Gasteiger partial charge in [-0.05, 0) is 43.0 Å². The second-order valence-electron chi connectivity index (χ2n) is 5.74. The summed E-state index contributed by atoms with van der Waals surface area (Å²) in [7, 11) is 0. The maximum atomic E-state index is 12.4. The van der Waals surface area contributed by atoms with Crippen LogP contribution in [0.5, 0.6) is 5.75 Å². The molecule has 6 heteroatoms. The van der Waals surface area contributed by atoms with E-state index in [0.29, 0.717) is 30.8 Å². The van der Waals surface area contributed by atoms with Gasteiger partial charge in [-0.2, -0.15) is 0 Å². The molecule has 0 bridgehead atoms. The Morgan fingerprint density at radius 1 is 1.29 bits per heavy atom. The first-order valence-corrected chi connectivity index (χ1v) is 8.64. The first kappa shape index (κ1) is 18.0. The highest BCUT2D eigenvalue weighted by Gasteiger charge is 2.34. The molecule has 0 aliphatic heterocycles. The van der Waals surface area contributed by atoms with Gasteiger partial charge in [0.2, 0.25) is 0 Å². The van der Waals surface area contributed by atoms with Crippen molar-refractivity contribution in [3.8, 4) is 5.75 Å². The SMILES string of the molecule is CCCC(C)(NC(=O)c1cccc(OCc2cccs2)c1)C(=O)O. The number of thiophene rings is 1. The summed E-state index contributed by atoms with van der Waals surface area (Å²) in [5, 5.41) is 14.0. The van der Waals surface area contributed by atoms with E-state index >= 15 is 0 Å². The Labute approximate surface area is 145 Å². The van der Waals surface area contributed by atoms with Crippen molar-refractivity contribution in [3.05, 3.63) is 52.2 Å². The molecule has 2 aromatic rings. The monoisotopic (exact) mass is 347 g/mol. The van der Waals surface area contributed by atoms with Gasteiger partial charge in [-0.1, -0.05) is 25.5 Å². The standard InChI is InChI=1S/C18H21NO4S/c1-3-9-18(2,17(21)22)19-16(20)13-6-4-7-14(11-13)23-12-15-8-5-10-24-15/h4-8,10-11H,3,9,12H2,1-2H3,(H,19,20)(H,21,22). The minimum Gasteiger partial charge on any atom is -0.488 e. The van der Waals surface area contributed by atoms with Gasteiger partial charge in [0.05, 0.1) is 0 Å². The van der Waals surface area contributed by atoms with E-state index in [1.165, 1.54) is 6.92 Å². The molecule has 0 aliphatic carbocycles. The highest BCUT2D eigenvalue weighted by Crippen LogP contribution is 2.19. The number of carboxylic acid groups (broad SMARTS) is 1. The molecule has 2 rings (SSSR count). The van der Waals surface area contributed by atoms with Crippen LogP contribution in [0.4, 0.5) is 0 Å². The van der Waals surface area contributed by atoms with Gasteiger partial charge in [-0.3, -0.25) is 4.79 Å². The molecule has 128 valence electrons. The van der Waals surface area contributed by atoms with Crippen LogP contribution in [0.1, 0.15) is 41.9 Å². The summed E-state index contributed by atoms with van der Waals surface area (Å²) in [6, 6.07) is 10.7. The van der Waals surface area contributed by atoms with Crippen LogP contribution in [-0.4, -0.2) is 22.5 Å². The van der Waals surface area contributed by atoms with Crippen molar-refractivity contribution in [1.29, 1.82) is 0 Å². The summed E-state index contributed by atoms with van der Waals surface area (Å²) in [6.07, 6.45) is 1.02. The van der Waals surface area contributed by atoms with Crippen molar-refractivity contribution in [2.45, 2.75) is 38.8 Å². The molecular weight excluding hydrogens is 326 g/mol. The molecule has 1 unspecified atom stereocenters. The number of aliphatic carboxylic acids is 1. The van der Waals surface area contributed by atoms with E-state index in [9.17, 15) is 14.7 Å². The predicted molar refractivity (Wildman–Crippen MR) is 93.5 cm³/mol. The van der Waals surface area contributed by atoms with Gasteiger partial charge in [-0.15, -0.1) is 11.3 Å². The number of hydrogen-bond donors (Lipinski definition) is 2. The van der Waals surface area contributed by atoms with Gasteiger partial charge in [-0.25, -0.2) is 4.79 Å². The van der Waals surface area contributed by atoms with Crippen molar-refractivity contribution < 1.29 is 19.4 Å². The van der Waals surface area contributed by atoms with E-state index < -0.39 is 17.4 Å². The van der Waals surface area contributed by atoms with Crippen LogP contribution < -0.4 is 10.1 Å². The third-order valence-electron chi connectivity index (χ3n) is 3.67. The molecule has 0 fully saturated rings. The maximum Gasteiger partial charge on any atom is 0.329 e. The quantitative estimate of drug-likeness (QED) is 0.763. The van der Waals surface area contributed by atoms with Gasteiger partial charge in [0.1, 0.15) is 17.9 Å². The largest absolute Gasteiger partial charge is 0.488 e. The minimum absolute atomic E-state index is 0.364. The molecule has 1 atom stereocenters. The van der Waals surface area contributed by atoms with Crippen LogP contribution in [0.25, 0.3) is 0 Å². The van der Waals surface area contributed by atoms with Crippen LogP contribution in [0.3, 0.4) is 0 Å². The fourth-order valence-corrected chi connectivity index (χ4v) is 2.94. The molecule has 0 radical (unpaired) electrons. The lowest BCUT2D eigenvalue weighted by atomic mass is 9.95. The molecule has 0 saturated carbocycles. The van der Waals surface area contributed by atoms with Crippen LogP contribution in [-0.2, 0) is 11.4 Å². The van der Waals surface area contributed by atoms with Gasteiger partial charge < -0.3 is 15.2 Å². The Hall–Kier alpha value is -2.34. The Morgan fingerprint density at radius 3 is 2.71 bits per heavy atom. The lowest BCUT2D eigenvalue weighted by Crippen LogP contribution is -2.52. The van der Waals surface area contributed by atoms with E-state index in [1.807, 2.05) is 24.4 Å². The third-order valence-corrected chi connectivity index (χ3v) is 4.52. The number of ether oxygens (including phenoxy) is 1. The number of amides is 1. The highest BCUT2D eigenvalue weighted by atomic mass is 32.1. The van der Waals surface area contributed by atoms with E-state index in [0.717, 1.165) is 4.88 Å². The van der Waals surface area contributed by atoms with E-state index in [4.69, 9.17) is 4.74 Å². The van der Waals surface area contributed by atoms with Crippen LogP contribution in [0.2, 0.25) is 0 Å². The normalized spacial score (nSPS) is 13.1. The summed E-state index contributed by atoms with van der Waals surface area (Å²) < 4.78 is 5.68. The van der Waals surface area contributed by atoms with E-state index in [1.54, 1.807) is 35.6 Å². The minimum atomic E-state index is -1.28. The summed E-state index contributed by atoms with van der Waals surface area (Å²) in [5.41, 5.74) is -0.901. The van der Waals surface area contributed by atoms with Gasteiger partial charge in [0.15, 0.2) is 0 Å². The first-order valence-electron chi connectivity index (χ1n) is 7.76. The van der Waals surface area contributed by atoms with E-state index in [2.05, 4.69) is 5.32 Å². The van der Waals surface area contributed by atoms with Crippen molar-refractivity contribution in [1.82, 2.24) is 5.32 Å². The molecule has 1 aromatic heterocycles. The number of carbonyl (C=O) groups is 2. The zero-order valence-corrected chi connectivity index (χ0v) is 14.6. The molecule has 5 nitrogen and oxygen atoms in total. The second-order valence-corrected chi connectivity index (χ2v) is 6.77. The number of benzene rings is 1. The Balaban J connectivity index is 2.06. The van der Waals surface area contributed by atoms with Crippen LogP contribution >= 0.6 is 11.3 Å².